The summed E-state index contributed by atoms with van der Waals surface area (Å²) in [5, 5.41) is 8.06. The van der Waals surface area contributed by atoms with Gasteiger partial charge in [-0.05, 0) is 61.0 Å². The quantitative estimate of drug-likeness (QED) is 0.636. The van der Waals surface area contributed by atoms with Crippen LogP contribution in [0, 0.1) is 0 Å². The highest BCUT2D eigenvalue weighted by atomic mass is 32.1. The molecule has 0 aliphatic rings. The zero-order valence-corrected chi connectivity index (χ0v) is 11.5. The first-order valence-corrected chi connectivity index (χ1v) is 7.55. The second-order valence-electron chi connectivity index (χ2n) is 4.44. The molecule has 0 saturated heterocycles. The van der Waals surface area contributed by atoms with E-state index in [1.165, 1.54) is 50.6 Å². The van der Waals surface area contributed by atoms with Gasteiger partial charge >= 0.3 is 0 Å². The van der Waals surface area contributed by atoms with Crippen molar-refractivity contribution in [2.24, 2.45) is 0 Å². The summed E-state index contributed by atoms with van der Waals surface area (Å²) in [4.78, 5) is 0. The highest BCUT2D eigenvalue weighted by Crippen LogP contribution is 2.12. The standard InChI is InChI=1S/C14H25NS/c1-3-10-15-14(4-2)8-6-5-7-13-9-11-16-12-13/h9,11-12,14-15H,3-8,10H2,1-2H3. The topological polar surface area (TPSA) is 12.0 Å². The van der Waals surface area contributed by atoms with Crippen LogP contribution < -0.4 is 5.32 Å². The van der Waals surface area contributed by atoms with Crippen molar-refractivity contribution in [1.29, 1.82) is 0 Å². The van der Waals surface area contributed by atoms with Crippen molar-refractivity contribution in [3.8, 4) is 0 Å². The molecule has 1 aromatic heterocycles. The second-order valence-corrected chi connectivity index (χ2v) is 5.22. The van der Waals surface area contributed by atoms with Crippen LogP contribution in [0.4, 0.5) is 0 Å². The van der Waals surface area contributed by atoms with Gasteiger partial charge in [-0.3, -0.25) is 0 Å². The molecule has 0 radical (unpaired) electrons. The number of rotatable bonds is 9. The first kappa shape index (κ1) is 13.7. The Kier molecular flexibility index (Phi) is 7.52. The molecule has 0 amide bonds. The van der Waals surface area contributed by atoms with Gasteiger partial charge in [-0.1, -0.05) is 20.3 Å². The van der Waals surface area contributed by atoms with E-state index in [1.807, 2.05) is 11.3 Å². The molecule has 0 spiro atoms. The molecule has 1 unspecified atom stereocenters. The number of thiophene rings is 1. The van der Waals surface area contributed by atoms with Crippen LogP contribution in [0.2, 0.25) is 0 Å². The molecular weight excluding hydrogens is 214 g/mol. The average Bonchev–Trinajstić information content (AvgIpc) is 2.81. The first-order valence-electron chi connectivity index (χ1n) is 6.61. The maximum Gasteiger partial charge on any atom is 0.00644 e. The van der Waals surface area contributed by atoms with E-state index in [9.17, 15) is 0 Å². The fraction of sp³-hybridized carbons (Fsp3) is 0.714. The van der Waals surface area contributed by atoms with E-state index >= 15 is 0 Å². The molecule has 0 aliphatic carbocycles. The second kappa shape index (κ2) is 8.77. The molecule has 0 fully saturated rings. The third-order valence-corrected chi connectivity index (χ3v) is 3.76. The summed E-state index contributed by atoms with van der Waals surface area (Å²) < 4.78 is 0. The smallest absolute Gasteiger partial charge is 0.00644 e. The first-order chi connectivity index (χ1) is 7.86. The maximum absolute atomic E-state index is 3.61. The van der Waals surface area contributed by atoms with Gasteiger partial charge in [-0.15, -0.1) is 0 Å². The normalized spacial score (nSPS) is 12.9. The van der Waals surface area contributed by atoms with Crippen LogP contribution >= 0.6 is 11.3 Å². The lowest BCUT2D eigenvalue weighted by Gasteiger charge is -2.16. The zero-order valence-electron chi connectivity index (χ0n) is 10.7. The SMILES string of the molecule is CCCNC(CC)CCCCc1ccsc1. The van der Waals surface area contributed by atoms with Crippen LogP contribution in [-0.2, 0) is 6.42 Å². The van der Waals surface area contributed by atoms with Crippen molar-refractivity contribution in [1.82, 2.24) is 5.32 Å². The molecule has 16 heavy (non-hydrogen) atoms. The third kappa shape index (κ3) is 5.66. The molecule has 0 aromatic carbocycles. The number of nitrogens with one attached hydrogen (secondary N) is 1. The molecule has 2 heteroatoms. The van der Waals surface area contributed by atoms with Gasteiger partial charge in [0, 0.05) is 6.04 Å². The molecule has 1 atom stereocenters. The Labute approximate surface area is 104 Å². The van der Waals surface area contributed by atoms with Crippen molar-refractivity contribution >= 4 is 11.3 Å². The Balaban J connectivity index is 2.04. The number of hydrogen-bond acceptors (Lipinski definition) is 2. The summed E-state index contributed by atoms with van der Waals surface area (Å²) in [6, 6.07) is 2.99. The van der Waals surface area contributed by atoms with E-state index < -0.39 is 0 Å². The number of unbranched alkanes of at least 4 members (excludes halogenated alkanes) is 1. The Bertz CT molecular complexity index is 243. The molecule has 1 N–H and O–H groups in total. The Morgan fingerprint density at radius 2 is 2.19 bits per heavy atom. The molecular formula is C14H25NS. The number of aryl methyl sites for hydroxylation is 1. The van der Waals surface area contributed by atoms with Gasteiger partial charge in [0.25, 0.3) is 0 Å². The highest BCUT2D eigenvalue weighted by Gasteiger charge is 2.04. The van der Waals surface area contributed by atoms with E-state index in [0.717, 1.165) is 6.04 Å². The predicted octanol–water partition coefficient (Wildman–Crippen LogP) is 4.24. The molecule has 1 nitrogen and oxygen atoms in total. The summed E-state index contributed by atoms with van der Waals surface area (Å²) >= 11 is 1.81. The molecule has 0 aliphatic heterocycles. The van der Waals surface area contributed by atoms with E-state index in [4.69, 9.17) is 0 Å². The highest BCUT2D eigenvalue weighted by molar-refractivity contribution is 7.07. The van der Waals surface area contributed by atoms with E-state index in [-0.39, 0.29) is 0 Å². The fourth-order valence-electron chi connectivity index (χ4n) is 1.95. The van der Waals surface area contributed by atoms with Gasteiger partial charge in [0.1, 0.15) is 0 Å². The monoisotopic (exact) mass is 239 g/mol. The van der Waals surface area contributed by atoms with Crippen LogP contribution in [0.15, 0.2) is 16.8 Å². The Morgan fingerprint density at radius 3 is 2.81 bits per heavy atom. The van der Waals surface area contributed by atoms with Gasteiger partial charge in [0.15, 0.2) is 0 Å². The molecule has 1 rings (SSSR count). The van der Waals surface area contributed by atoms with Crippen LogP contribution in [0.3, 0.4) is 0 Å². The van der Waals surface area contributed by atoms with Gasteiger partial charge in [-0.25, -0.2) is 0 Å². The van der Waals surface area contributed by atoms with Gasteiger partial charge < -0.3 is 5.32 Å². The van der Waals surface area contributed by atoms with E-state index in [0.29, 0.717) is 0 Å². The minimum Gasteiger partial charge on any atom is -0.314 e. The Morgan fingerprint density at radius 1 is 1.31 bits per heavy atom. The van der Waals surface area contributed by atoms with Crippen LogP contribution in [0.25, 0.3) is 0 Å². The lowest BCUT2D eigenvalue weighted by atomic mass is 10.0. The van der Waals surface area contributed by atoms with Crippen molar-refractivity contribution in [2.75, 3.05) is 6.54 Å². The van der Waals surface area contributed by atoms with Gasteiger partial charge in [0.05, 0.1) is 0 Å². The molecule has 0 saturated carbocycles. The minimum absolute atomic E-state index is 0.738. The van der Waals surface area contributed by atoms with Crippen LogP contribution in [0.1, 0.15) is 51.5 Å². The molecule has 1 aromatic rings. The third-order valence-electron chi connectivity index (χ3n) is 3.02. The fourth-order valence-corrected chi connectivity index (χ4v) is 2.66. The van der Waals surface area contributed by atoms with Gasteiger partial charge in [0.2, 0.25) is 0 Å². The lowest BCUT2D eigenvalue weighted by molar-refractivity contribution is 0.449. The summed E-state index contributed by atoms with van der Waals surface area (Å²) in [5.74, 6) is 0. The van der Waals surface area contributed by atoms with Crippen molar-refractivity contribution < 1.29 is 0 Å². The summed E-state index contributed by atoms with van der Waals surface area (Å²) in [6.45, 7) is 5.69. The lowest BCUT2D eigenvalue weighted by Crippen LogP contribution is -2.28. The van der Waals surface area contributed by atoms with Gasteiger partial charge in [-0.2, -0.15) is 11.3 Å². The van der Waals surface area contributed by atoms with E-state index in [2.05, 4.69) is 36.0 Å². The summed E-state index contributed by atoms with van der Waals surface area (Å²) in [7, 11) is 0. The zero-order chi connectivity index (χ0) is 11.6. The van der Waals surface area contributed by atoms with Crippen LogP contribution in [0.5, 0.6) is 0 Å². The minimum atomic E-state index is 0.738. The summed E-state index contributed by atoms with van der Waals surface area (Å²) in [6.07, 6.45) is 7.78. The maximum atomic E-state index is 3.61. The predicted molar refractivity (Wildman–Crippen MR) is 74.2 cm³/mol. The van der Waals surface area contributed by atoms with Crippen molar-refractivity contribution in [3.63, 3.8) is 0 Å². The van der Waals surface area contributed by atoms with Crippen molar-refractivity contribution in [2.45, 2.75) is 58.4 Å². The summed E-state index contributed by atoms with van der Waals surface area (Å²) in [5.41, 5.74) is 1.51. The van der Waals surface area contributed by atoms with E-state index in [1.54, 1.807) is 0 Å². The molecule has 0 bridgehead atoms. The molecule has 92 valence electrons. The van der Waals surface area contributed by atoms with Crippen molar-refractivity contribution in [3.05, 3.63) is 22.4 Å². The van der Waals surface area contributed by atoms with Crippen LogP contribution in [-0.4, -0.2) is 12.6 Å². The largest absolute Gasteiger partial charge is 0.314 e. The average molecular weight is 239 g/mol. The molecule has 1 heterocycles. The Hall–Kier alpha value is -0.340. The number of hydrogen-bond donors (Lipinski definition) is 1.